The zero-order valence-corrected chi connectivity index (χ0v) is 14.0. The summed E-state index contributed by atoms with van der Waals surface area (Å²) in [7, 11) is 0. The van der Waals surface area contributed by atoms with E-state index in [2.05, 4.69) is 31.0 Å². The molecule has 1 N–H and O–H groups in total. The largest absolute Gasteiger partial charge is 0.314 e. The maximum Gasteiger partial charge on any atom is 0.0121 e. The second-order valence-electron chi connectivity index (χ2n) is 7.20. The summed E-state index contributed by atoms with van der Waals surface area (Å²) in [5.41, 5.74) is 0. The van der Waals surface area contributed by atoms with E-state index in [1.165, 1.54) is 71.0 Å². The molecule has 1 heterocycles. The van der Waals surface area contributed by atoms with Gasteiger partial charge in [0.2, 0.25) is 0 Å². The fourth-order valence-electron chi connectivity index (χ4n) is 4.52. The van der Waals surface area contributed by atoms with Crippen LogP contribution in [0.1, 0.15) is 72.1 Å². The van der Waals surface area contributed by atoms with Crippen molar-refractivity contribution in [2.24, 2.45) is 11.8 Å². The van der Waals surface area contributed by atoms with Gasteiger partial charge in [-0.2, -0.15) is 0 Å². The van der Waals surface area contributed by atoms with Crippen molar-refractivity contribution in [1.29, 1.82) is 0 Å². The molecule has 1 aliphatic heterocycles. The molecule has 0 aromatic rings. The first-order chi connectivity index (χ1) is 9.76. The second-order valence-corrected chi connectivity index (χ2v) is 7.20. The average molecular weight is 280 g/mol. The maximum absolute atomic E-state index is 3.75. The van der Waals surface area contributed by atoms with Crippen LogP contribution in [0, 0.1) is 11.8 Å². The Hall–Kier alpha value is -0.0800. The van der Waals surface area contributed by atoms with Gasteiger partial charge in [0, 0.05) is 18.6 Å². The molecule has 3 unspecified atom stereocenters. The van der Waals surface area contributed by atoms with Crippen molar-refractivity contribution >= 4 is 0 Å². The van der Waals surface area contributed by atoms with Crippen LogP contribution in [0.5, 0.6) is 0 Å². The summed E-state index contributed by atoms with van der Waals surface area (Å²) in [6, 6.07) is 1.62. The third-order valence-electron chi connectivity index (χ3n) is 5.67. The number of hydrogen-bond donors (Lipinski definition) is 1. The number of piperidine rings is 1. The number of nitrogens with one attached hydrogen (secondary N) is 1. The molecule has 0 spiro atoms. The molecule has 118 valence electrons. The summed E-state index contributed by atoms with van der Waals surface area (Å²) in [5.74, 6) is 1.80. The highest BCUT2D eigenvalue weighted by atomic mass is 15.2. The quantitative estimate of drug-likeness (QED) is 0.789. The van der Waals surface area contributed by atoms with Gasteiger partial charge in [0.05, 0.1) is 0 Å². The molecule has 0 amide bonds. The molecule has 1 saturated heterocycles. The lowest BCUT2D eigenvalue weighted by atomic mass is 9.80. The lowest BCUT2D eigenvalue weighted by Crippen LogP contribution is -2.53. The van der Waals surface area contributed by atoms with Gasteiger partial charge in [0.15, 0.2) is 0 Å². The molecule has 0 aromatic carbocycles. The topological polar surface area (TPSA) is 15.3 Å². The van der Waals surface area contributed by atoms with Gasteiger partial charge < -0.3 is 5.32 Å². The molecular formula is C18H36N2. The lowest BCUT2D eigenvalue weighted by Gasteiger charge is -2.45. The van der Waals surface area contributed by atoms with E-state index in [9.17, 15) is 0 Å². The highest BCUT2D eigenvalue weighted by Crippen LogP contribution is 2.32. The van der Waals surface area contributed by atoms with Gasteiger partial charge in [0.1, 0.15) is 0 Å². The summed E-state index contributed by atoms with van der Waals surface area (Å²) in [6.45, 7) is 11.0. The molecule has 2 nitrogen and oxygen atoms in total. The van der Waals surface area contributed by atoms with E-state index in [4.69, 9.17) is 0 Å². The van der Waals surface area contributed by atoms with E-state index in [0.717, 1.165) is 23.9 Å². The number of hydrogen-bond acceptors (Lipinski definition) is 2. The Labute approximate surface area is 126 Å². The highest BCUT2D eigenvalue weighted by Gasteiger charge is 2.32. The molecule has 0 bridgehead atoms. The van der Waals surface area contributed by atoms with Gasteiger partial charge in [0.25, 0.3) is 0 Å². The lowest BCUT2D eigenvalue weighted by molar-refractivity contribution is 0.0584. The van der Waals surface area contributed by atoms with Crippen LogP contribution >= 0.6 is 0 Å². The third kappa shape index (κ3) is 4.21. The molecule has 2 rings (SSSR count). The number of rotatable bonds is 6. The number of likely N-dealkylation sites (tertiary alicyclic amines) is 1. The zero-order valence-electron chi connectivity index (χ0n) is 14.0. The first-order valence-corrected chi connectivity index (χ1v) is 9.23. The summed E-state index contributed by atoms with van der Waals surface area (Å²) in [4.78, 5) is 2.84. The minimum Gasteiger partial charge on any atom is -0.314 e. The average Bonchev–Trinajstić information content (AvgIpc) is 2.48. The molecule has 1 saturated carbocycles. The Morgan fingerprint density at radius 1 is 1.10 bits per heavy atom. The van der Waals surface area contributed by atoms with Crippen molar-refractivity contribution in [2.75, 3.05) is 19.6 Å². The van der Waals surface area contributed by atoms with Gasteiger partial charge in [-0.25, -0.2) is 0 Å². The van der Waals surface area contributed by atoms with Crippen LogP contribution in [0.4, 0.5) is 0 Å². The van der Waals surface area contributed by atoms with Crippen molar-refractivity contribution in [2.45, 2.75) is 84.2 Å². The fourth-order valence-corrected chi connectivity index (χ4v) is 4.52. The summed E-state index contributed by atoms with van der Waals surface area (Å²) in [5, 5.41) is 3.75. The van der Waals surface area contributed by atoms with Crippen molar-refractivity contribution < 1.29 is 0 Å². The van der Waals surface area contributed by atoms with Gasteiger partial charge in [-0.15, -0.1) is 0 Å². The Balaban J connectivity index is 1.85. The molecule has 0 radical (unpaired) electrons. The SMILES string of the molecule is CCCNC1CCN(C(CC)C2CCCCC2)CC1C. The first-order valence-electron chi connectivity index (χ1n) is 9.23. The standard InChI is InChI=1S/C18H36N2/c1-4-12-19-17-11-13-20(14-15(17)3)18(5-2)16-9-7-6-8-10-16/h15-19H,4-14H2,1-3H3. The van der Waals surface area contributed by atoms with Crippen molar-refractivity contribution in [3.8, 4) is 0 Å². The zero-order chi connectivity index (χ0) is 14.4. The van der Waals surface area contributed by atoms with Crippen LogP contribution < -0.4 is 5.32 Å². The third-order valence-corrected chi connectivity index (χ3v) is 5.67. The second kappa shape index (κ2) is 8.38. The molecule has 1 aliphatic carbocycles. The van der Waals surface area contributed by atoms with Crippen LogP contribution in [0.15, 0.2) is 0 Å². The maximum atomic E-state index is 3.75. The van der Waals surface area contributed by atoms with Crippen molar-refractivity contribution in [1.82, 2.24) is 10.2 Å². The van der Waals surface area contributed by atoms with Crippen LogP contribution in [-0.4, -0.2) is 36.6 Å². The molecule has 20 heavy (non-hydrogen) atoms. The van der Waals surface area contributed by atoms with Gasteiger partial charge >= 0.3 is 0 Å². The van der Waals surface area contributed by atoms with Crippen LogP contribution in [0.25, 0.3) is 0 Å². The predicted molar refractivity (Wildman–Crippen MR) is 88.1 cm³/mol. The van der Waals surface area contributed by atoms with E-state index in [-0.39, 0.29) is 0 Å². The molecular weight excluding hydrogens is 244 g/mol. The summed E-state index contributed by atoms with van der Waals surface area (Å²) >= 11 is 0. The van der Waals surface area contributed by atoms with Crippen LogP contribution in [-0.2, 0) is 0 Å². The van der Waals surface area contributed by atoms with E-state index in [0.29, 0.717) is 0 Å². The summed E-state index contributed by atoms with van der Waals surface area (Å²) < 4.78 is 0. The Kier molecular flexibility index (Phi) is 6.83. The van der Waals surface area contributed by atoms with E-state index in [1.807, 2.05) is 0 Å². The molecule has 3 atom stereocenters. The van der Waals surface area contributed by atoms with Gasteiger partial charge in [-0.1, -0.05) is 40.0 Å². The van der Waals surface area contributed by atoms with Gasteiger partial charge in [-0.3, -0.25) is 4.90 Å². The van der Waals surface area contributed by atoms with E-state index < -0.39 is 0 Å². The van der Waals surface area contributed by atoms with Gasteiger partial charge in [-0.05, 0) is 57.0 Å². The molecule has 0 aromatic heterocycles. The molecule has 2 aliphatic rings. The van der Waals surface area contributed by atoms with Crippen molar-refractivity contribution in [3.63, 3.8) is 0 Å². The highest BCUT2D eigenvalue weighted by molar-refractivity contribution is 4.88. The summed E-state index contributed by atoms with van der Waals surface area (Å²) in [6.07, 6.45) is 11.4. The minimum absolute atomic E-state index is 0.759. The van der Waals surface area contributed by atoms with E-state index >= 15 is 0 Å². The molecule has 2 fully saturated rings. The first kappa shape index (κ1) is 16.3. The monoisotopic (exact) mass is 280 g/mol. The molecule has 2 heteroatoms. The minimum atomic E-state index is 0.759. The Bertz CT molecular complexity index is 260. The van der Waals surface area contributed by atoms with E-state index in [1.54, 1.807) is 0 Å². The number of nitrogens with zero attached hydrogens (tertiary/aromatic N) is 1. The van der Waals surface area contributed by atoms with Crippen LogP contribution in [0.3, 0.4) is 0 Å². The van der Waals surface area contributed by atoms with Crippen molar-refractivity contribution in [3.05, 3.63) is 0 Å². The Morgan fingerprint density at radius 2 is 1.85 bits per heavy atom. The fraction of sp³-hybridized carbons (Fsp3) is 1.00. The Morgan fingerprint density at radius 3 is 2.45 bits per heavy atom. The normalized spacial score (nSPS) is 31.4. The van der Waals surface area contributed by atoms with Crippen LogP contribution in [0.2, 0.25) is 0 Å². The predicted octanol–water partition coefficient (Wildman–Crippen LogP) is 4.06. The smallest absolute Gasteiger partial charge is 0.0121 e.